The van der Waals surface area contributed by atoms with Crippen LogP contribution >= 0.6 is 0 Å². The molecule has 4 rings (SSSR count). The predicted octanol–water partition coefficient (Wildman–Crippen LogP) is 2.09. The third-order valence-corrected chi connectivity index (χ3v) is 5.56. The van der Waals surface area contributed by atoms with Crippen LogP contribution in [-0.2, 0) is 0 Å². The molecule has 3 N–H and O–H groups in total. The summed E-state index contributed by atoms with van der Waals surface area (Å²) in [6.45, 7) is 4.28. The van der Waals surface area contributed by atoms with Gasteiger partial charge in [-0.2, -0.15) is 0 Å². The first-order valence-corrected chi connectivity index (χ1v) is 9.31. The van der Waals surface area contributed by atoms with Gasteiger partial charge in [0.2, 0.25) is 0 Å². The van der Waals surface area contributed by atoms with Gasteiger partial charge in [0.25, 0.3) is 5.91 Å². The Labute approximate surface area is 158 Å². The van der Waals surface area contributed by atoms with Crippen LogP contribution in [0.2, 0.25) is 0 Å². The van der Waals surface area contributed by atoms with Crippen LogP contribution in [-0.4, -0.2) is 49.1 Å². The molecule has 0 bridgehead atoms. The zero-order chi connectivity index (χ0) is 19.0. The maximum absolute atomic E-state index is 13.2. The zero-order valence-corrected chi connectivity index (χ0v) is 15.4. The third-order valence-electron chi connectivity index (χ3n) is 5.56. The van der Waals surface area contributed by atoms with E-state index in [-0.39, 0.29) is 23.9 Å². The fourth-order valence-electron chi connectivity index (χ4n) is 4.07. The average Bonchev–Trinajstić information content (AvgIpc) is 3.28. The lowest BCUT2D eigenvalue weighted by Crippen LogP contribution is -2.33. The molecule has 2 saturated heterocycles. The highest BCUT2D eigenvalue weighted by molar-refractivity contribution is 6.00. The van der Waals surface area contributed by atoms with E-state index < -0.39 is 0 Å². The van der Waals surface area contributed by atoms with Crippen LogP contribution < -0.4 is 16.0 Å². The van der Waals surface area contributed by atoms with Crippen molar-refractivity contribution < 1.29 is 9.59 Å². The molecule has 0 aromatic heterocycles. The summed E-state index contributed by atoms with van der Waals surface area (Å²) in [6.07, 6.45) is 0. The highest BCUT2D eigenvalue weighted by atomic mass is 16.2. The summed E-state index contributed by atoms with van der Waals surface area (Å²) < 4.78 is 0. The molecular weight excluding hydrogens is 340 g/mol. The van der Waals surface area contributed by atoms with E-state index in [0.29, 0.717) is 31.7 Å². The van der Waals surface area contributed by atoms with E-state index in [2.05, 4.69) is 17.4 Å². The van der Waals surface area contributed by atoms with Gasteiger partial charge in [0.15, 0.2) is 0 Å². The van der Waals surface area contributed by atoms with Crippen molar-refractivity contribution in [1.29, 1.82) is 0 Å². The van der Waals surface area contributed by atoms with Crippen molar-refractivity contribution in [3.63, 3.8) is 0 Å². The molecule has 2 atom stereocenters. The lowest BCUT2D eigenvalue weighted by molar-refractivity contribution is 0.0788. The molecule has 6 nitrogen and oxygen atoms in total. The summed E-state index contributed by atoms with van der Waals surface area (Å²) >= 11 is 0. The van der Waals surface area contributed by atoms with Crippen molar-refractivity contribution >= 4 is 17.6 Å². The number of likely N-dealkylation sites (tertiary alicyclic amines) is 1. The van der Waals surface area contributed by atoms with Crippen molar-refractivity contribution in [2.75, 3.05) is 31.1 Å². The summed E-state index contributed by atoms with van der Waals surface area (Å²) in [5.74, 6) is 0.117. The second-order valence-electron chi connectivity index (χ2n) is 7.22. The summed E-state index contributed by atoms with van der Waals surface area (Å²) in [4.78, 5) is 28.7. The number of urea groups is 1. The Morgan fingerprint density at radius 2 is 1.89 bits per heavy atom. The molecule has 2 aliphatic heterocycles. The quantitative estimate of drug-likeness (QED) is 0.875. The van der Waals surface area contributed by atoms with Gasteiger partial charge in [0.1, 0.15) is 0 Å². The number of nitrogens with zero attached hydrogens (tertiary/aromatic N) is 2. The summed E-state index contributed by atoms with van der Waals surface area (Å²) in [6, 6.07) is 15.5. The normalized spacial score (nSPS) is 22.2. The lowest BCUT2D eigenvalue weighted by atomic mass is 9.95. The molecule has 140 valence electrons. The average molecular weight is 364 g/mol. The summed E-state index contributed by atoms with van der Waals surface area (Å²) in [7, 11) is 0. The van der Waals surface area contributed by atoms with Gasteiger partial charge in [-0.05, 0) is 30.2 Å². The summed E-state index contributed by atoms with van der Waals surface area (Å²) in [5, 5.41) is 2.80. The Morgan fingerprint density at radius 3 is 2.59 bits per heavy atom. The van der Waals surface area contributed by atoms with Gasteiger partial charge < -0.3 is 16.0 Å². The number of benzene rings is 2. The number of nitrogens with one attached hydrogen (secondary N) is 1. The van der Waals surface area contributed by atoms with Crippen LogP contribution in [0.15, 0.2) is 48.5 Å². The van der Waals surface area contributed by atoms with Crippen molar-refractivity contribution in [3.8, 4) is 0 Å². The maximum Gasteiger partial charge on any atom is 0.322 e. The van der Waals surface area contributed by atoms with Crippen LogP contribution in [0.25, 0.3) is 0 Å². The molecule has 0 aliphatic carbocycles. The fourth-order valence-corrected chi connectivity index (χ4v) is 4.07. The standard InChI is InChI=1S/C21H24N4O2/c1-14-16(8-5-9-19(14)25-11-10-23-21(25)27)20(26)24-12-17(18(22)13-24)15-6-3-2-4-7-15/h2-9,17-18H,10-13,22H2,1H3,(H,23,27)/t17-,18+/m0/s1. The molecular formula is C21H24N4O2. The molecule has 2 aromatic rings. The number of carbonyl (C=O) groups excluding carboxylic acids is 2. The van der Waals surface area contributed by atoms with Crippen molar-refractivity contribution in [2.45, 2.75) is 18.9 Å². The Morgan fingerprint density at radius 1 is 1.11 bits per heavy atom. The minimum Gasteiger partial charge on any atom is -0.336 e. The van der Waals surface area contributed by atoms with Crippen LogP contribution in [0.3, 0.4) is 0 Å². The molecule has 2 aliphatic rings. The molecule has 0 saturated carbocycles. The van der Waals surface area contributed by atoms with Crippen LogP contribution in [0.1, 0.15) is 27.4 Å². The highest BCUT2D eigenvalue weighted by Crippen LogP contribution is 2.30. The minimum absolute atomic E-state index is 0.0252. The first-order valence-electron chi connectivity index (χ1n) is 9.31. The highest BCUT2D eigenvalue weighted by Gasteiger charge is 2.35. The Bertz CT molecular complexity index is 868. The fraction of sp³-hybridized carbons (Fsp3) is 0.333. The van der Waals surface area contributed by atoms with Gasteiger partial charge >= 0.3 is 6.03 Å². The number of carbonyl (C=O) groups is 2. The van der Waals surface area contributed by atoms with Crippen LogP contribution in [0.5, 0.6) is 0 Å². The smallest absolute Gasteiger partial charge is 0.322 e. The van der Waals surface area contributed by atoms with E-state index in [0.717, 1.165) is 11.3 Å². The molecule has 27 heavy (non-hydrogen) atoms. The van der Waals surface area contributed by atoms with Gasteiger partial charge in [-0.15, -0.1) is 0 Å². The lowest BCUT2D eigenvalue weighted by Gasteiger charge is -2.22. The minimum atomic E-state index is -0.116. The monoisotopic (exact) mass is 364 g/mol. The molecule has 2 aromatic carbocycles. The van der Waals surface area contributed by atoms with Crippen molar-refractivity contribution in [3.05, 3.63) is 65.2 Å². The molecule has 2 fully saturated rings. The van der Waals surface area contributed by atoms with E-state index in [1.54, 1.807) is 4.90 Å². The number of amides is 3. The molecule has 2 heterocycles. The van der Waals surface area contributed by atoms with E-state index in [4.69, 9.17) is 5.73 Å². The van der Waals surface area contributed by atoms with E-state index >= 15 is 0 Å². The topological polar surface area (TPSA) is 78.7 Å². The molecule has 0 radical (unpaired) electrons. The van der Waals surface area contributed by atoms with Gasteiger partial charge in [-0.1, -0.05) is 36.4 Å². The first kappa shape index (κ1) is 17.5. The number of hydrogen-bond acceptors (Lipinski definition) is 3. The molecule has 3 amide bonds. The SMILES string of the molecule is Cc1c(C(=O)N2C[C@@H](N)[C@H](c3ccccc3)C2)cccc1N1CCNC1=O. The number of hydrogen-bond donors (Lipinski definition) is 2. The van der Waals surface area contributed by atoms with E-state index in [9.17, 15) is 9.59 Å². The third kappa shape index (κ3) is 3.17. The number of nitrogens with two attached hydrogens (primary N) is 1. The van der Waals surface area contributed by atoms with Crippen molar-refractivity contribution in [1.82, 2.24) is 10.2 Å². The largest absolute Gasteiger partial charge is 0.336 e. The van der Waals surface area contributed by atoms with Gasteiger partial charge in [-0.25, -0.2) is 4.79 Å². The van der Waals surface area contributed by atoms with Crippen molar-refractivity contribution in [2.24, 2.45) is 5.73 Å². The van der Waals surface area contributed by atoms with Gasteiger partial charge in [0.05, 0.1) is 0 Å². The van der Waals surface area contributed by atoms with Gasteiger partial charge in [0, 0.05) is 49.4 Å². The second-order valence-corrected chi connectivity index (χ2v) is 7.22. The predicted molar refractivity (Wildman–Crippen MR) is 105 cm³/mol. The number of anilines is 1. The van der Waals surface area contributed by atoms with Crippen LogP contribution in [0, 0.1) is 6.92 Å². The number of rotatable bonds is 3. The first-order chi connectivity index (χ1) is 13.1. The molecule has 0 spiro atoms. The van der Waals surface area contributed by atoms with Gasteiger partial charge in [-0.3, -0.25) is 9.69 Å². The Balaban J connectivity index is 1.58. The maximum atomic E-state index is 13.2. The molecule has 6 heteroatoms. The van der Waals surface area contributed by atoms with Crippen LogP contribution in [0.4, 0.5) is 10.5 Å². The Kier molecular flexibility index (Phi) is 4.58. The second kappa shape index (κ2) is 7.04. The zero-order valence-electron chi connectivity index (χ0n) is 15.4. The summed E-state index contributed by atoms with van der Waals surface area (Å²) in [5.41, 5.74) is 9.77. The molecule has 0 unspecified atom stereocenters. The Hall–Kier alpha value is -2.86. The van der Waals surface area contributed by atoms with E-state index in [1.807, 2.05) is 48.2 Å². The van der Waals surface area contributed by atoms with E-state index in [1.165, 1.54) is 5.56 Å².